The highest BCUT2D eigenvalue weighted by Crippen LogP contribution is 2.31. The fourth-order valence-corrected chi connectivity index (χ4v) is 4.31. The lowest BCUT2D eigenvalue weighted by molar-refractivity contribution is 0.0949. The smallest absolute Gasteiger partial charge is 0.271 e. The molecule has 1 N–H and O–H groups in total. The second-order valence-corrected chi connectivity index (χ2v) is 8.41. The number of carbonyl (C=O) groups excluding carboxylic acids is 1. The number of rotatable bonds is 7. The summed E-state index contributed by atoms with van der Waals surface area (Å²) in [6, 6.07) is 28.3. The largest absolute Gasteiger partial charge is 0.457 e. The fraction of sp³-hybridized carbons (Fsp3) is 0.214. The van der Waals surface area contributed by atoms with Crippen LogP contribution in [0.3, 0.4) is 0 Å². The Morgan fingerprint density at radius 1 is 0.939 bits per heavy atom. The van der Waals surface area contributed by atoms with Crippen molar-refractivity contribution < 1.29 is 9.53 Å². The number of ether oxygens (including phenoxy) is 1. The van der Waals surface area contributed by atoms with Gasteiger partial charge in [-0.05, 0) is 48.2 Å². The normalized spacial score (nSPS) is 15.0. The molecule has 166 valence electrons. The van der Waals surface area contributed by atoms with Crippen LogP contribution in [0.2, 0.25) is 0 Å². The molecule has 5 rings (SSSR count). The summed E-state index contributed by atoms with van der Waals surface area (Å²) in [6.07, 6.45) is 4.59. The second-order valence-electron chi connectivity index (χ2n) is 8.41. The van der Waals surface area contributed by atoms with Crippen LogP contribution in [0.4, 0.5) is 0 Å². The van der Waals surface area contributed by atoms with Crippen LogP contribution in [0.1, 0.15) is 39.8 Å². The molecule has 1 aliphatic heterocycles. The number of hydrogen-bond acceptors (Lipinski definition) is 3. The lowest BCUT2D eigenvalue weighted by Crippen LogP contribution is -2.26. The number of imidazole rings is 1. The summed E-state index contributed by atoms with van der Waals surface area (Å²) in [6.45, 7) is 1.43. The Kier molecular flexibility index (Phi) is 6.20. The van der Waals surface area contributed by atoms with Gasteiger partial charge in [-0.15, -0.1) is 0 Å². The molecule has 1 atom stereocenters. The molecule has 0 bridgehead atoms. The molecule has 0 spiro atoms. The molecule has 0 saturated carbocycles. The Morgan fingerprint density at radius 2 is 1.64 bits per heavy atom. The number of fused-ring (bicyclic) bond motifs is 1. The molecular formula is C28H27N3O2. The molecule has 0 fully saturated rings. The van der Waals surface area contributed by atoms with Crippen LogP contribution >= 0.6 is 0 Å². The average Bonchev–Trinajstić information content (AvgIpc) is 3.29. The van der Waals surface area contributed by atoms with E-state index in [9.17, 15) is 4.79 Å². The summed E-state index contributed by atoms with van der Waals surface area (Å²) in [5, 5.41) is 3.00. The van der Waals surface area contributed by atoms with Gasteiger partial charge >= 0.3 is 0 Å². The number of aromatic nitrogens is 2. The van der Waals surface area contributed by atoms with Crippen LogP contribution < -0.4 is 10.1 Å². The van der Waals surface area contributed by atoms with Gasteiger partial charge in [-0.2, -0.15) is 0 Å². The zero-order chi connectivity index (χ0) is 22.5. The average molecular weight is 438 g/mol. The first-order valence-electron chi connectivity index (χ1n) is 11.5. The number of amides is 1. The van der Waals surface area contributed by atoms with Crippen LogP contribution in [0, 0.1) is 0 Å². The zero-order valence-electron chi connectivity index (χ0n) is 18.5. The van der Waals surface area contributed by atoms with Gasteiger partial charge in [-0.25, -0.2) is 4.98 Å². The molecule has 5 heteroatoms. The van der Waals surface area contributed by atoms with E-state index in [1.165, 1.54) is 11.1 Å². The Labute approximate surface area is 194 Å². The minimum Gasteiger partial charge on any atom is -0.457 e. The number of nitrogens with zero attached hydrogens (tertiary/aromatic N) is 2. The molecule has 1 aromatic heterocycles. The van der Waals surface area contributed by atoms with Gasteiger partial charge in [0, 0.05) is 31.6 Å². The number of hydrogen-bond donors (Lipinski definition) is 1. The number of para-hydroxylation sites is 1. The minimum absolute atomic E-state index is 0.105. The van der Waals surface area contributed by atoms with Gasteiger partial charge in [0.2, 0.25) is 0 Å². The van der Waals surface area contributed by atoms with Gasteiger partial charge in [0.25, 0.3) is 5.91 Å². The van der Waals surface area contributed by atoms with Crippen molar-refractivity contribution in [3.63, 3.8) is 0 Å². The number of nitrogens with one attached hydrogen (secondary N) is 1. The lowest BCUT2D eigenvalue weighted by Gasteiger charge is -2.24. The third-order valence-electron chi connectivity index (χ3n) is 6.10. The SMILES string of the molecule is O=C(NCCc1ccccc1)c1cn2c(n1)CC[C@H](c1ccc(Oc3ccccc3)cc1)C2. The Balaban J connectivity index is 1.18. The van der Waals surface area contributed by atoms with E-state index in [1.807, 2.05) is 66.9 Å². The van der Waals surface area contributed by atoms with Crippen LogP contribution in [0.15, 0.2) is 91.1 Å². The number of carbonyl (C=O) groups is 1. The summed E-state index contributed by atoms with van der Waals surface area (Å²) < 4.78 is 8.04. The van der Waals surface area contributed by atoms with Crippen LogP contribution in [0.5, 0.6) is 11.5 Å². The van der Waals surface area contributed by atoms with E-state index in [4.69, 9.17) is 4.74 Å². The first-order chi connectivity index (χ1) is 16.2. The molecule has 1 amide bonds. The quantitative estimate of drug-likeness (QED) is 0.422. The van der Waals surface area contributed by atoms with Gasteiger partial charge < -0.3 is 14.6 Å². The van der Waals surface area contributed by atoms with Gasteiger partial charge in [0.05, 0.1) is 0 Å². The Morgan fingerprint density at radius 3 is 2.39 bits per heavy atom. The second kappa shape index (κ2) is 9.74. The van der Waals surface area contributed by atoms with E-state index in [0.29, 0.717) is 18.2 Å². The van der Waals surface area contributed by atoms with Crippen molar-refractivity contribution in [1.82, 2.24) is 14.9 Å². The maximum Gasteiger partial charge on any atom is 0.271 e. The molecule has 3 aromatic carbocycles. The van der Waals surface area contributed by atoms with Crippen molar-refractivity contribution in [2.75, 3.05) is 6.54 Å². The molecule has 0 unspecified atom stereocenters. The summed E-state index contributed by atoms with van der Waals surface area (Å²) in [7, 11) is 0. The maximum absolute atomic E-state index is 12.6. The predicted molar refractivity (Wildman–Crippen MR) is 129 cm³/mol. The van der Waals surface area contributed by atoms with Crippen LogP contribution in [-0.2, 0) is 19.4 Å². The standard InChI is InChI=1S/C28H27N3O2/c32-28(29-18-17-21-7-3-1-4-8-21)26-20-31-19-23(13-16-27(31)30-26)22-11-14-25(15-12-22)33-24-9-5-2-6-10-24/h1-12,14-15,20,23H,13,16-19H2,(H,29,32)/t23-/m0/s1. The molecule has 33 heavy (non-hydrogen) atoms. The Bertz CT molecular complexity index is 1200. The van der Waals surface area contributed by atoms with E-state index in [0.717, 1.165) is 43.1 Å². The minimum atomic E-state index is -0.105. The van der Waals surface area contributed by atoms with Crippen molar-refractivity contribution in [2.24, 2.45) is 0 Å². The van der Waals surface area contributed by atoms with Crippen LogP contribution in [-0.4, -0.2) is 22.0 Å². The number of aryl methyl sites for hydroxylation is 1. The van der Waals surface area contributed by atoms with Crippen molar-refractivity contribution in [3.8, 4) is 11.5 Å². The molecule has 0 saturated heterocycles. The first kappa shape index (κ1) is 21.0. The van der Waals surface area contributed by atoms with E-state index >= 15 is 0 Å². The van der Waals surface area contributed by atoms with Crippen molar-refractivity contribution in [3.05, 3.63) is 114 Å². The molecule has 1 aliphatic rings. The molecule has 2 heterocycles. The predicted octanol–water partition coefficient (Wildman–Crippen LogP) is 5.38. The maximum atomic E-state index is 12.6. The summed E-state index contributed by atoms with van der Waals surface area (Å²) in [4.78, 5) is 17.2. The van der Waals surface area contributed by atoms with Crippen LogP contribution in [0.25, 0.3) is 0 Å². The topological polar surface area (TPSA) is 56.2 Å². The third-order valence-corrected chi connectivity index (χ3v) is 6.10. The molecular weight excluding hydrogens is 410 g/mol. The molecule has 4 aromatic rings. The van der Waals surface area contributed by atoms with Gasteiger partial charge in [0.1, 0.15) is 23.0 Å². The third kappa shape index (κ3) is 5.14. The van der Waals surface area contributed by atoms with Crippen molar-refractivity contribution in [1.29, 1.82) is 0 Å². The van der Waals surface area contributed by atoms with Gasteiger partial charge in [-0.3, -0.25) is 4.79 Å². The summed E-state index contributed by atoms with van der Waals surface area (Å²) >= 11 is 0. The van der Waals surface area contributed by atoms with E-state index in [-0.39, 0.29) is 5.91 Å². The van der Waals surface area contributed by atoms with Crippen molar-refractivity contribution in [2.45, 2.75) is 31.7 Å². The highest BCUT2D eigenvalue weighted by Gasteiger charge is 2.23. The van der Waals surface area contributed by atoms with Gasteiger partial charge in [-0.1, -0.05) is 60.7 Å². The van der Waals surface area contributed by atoms with E-state index in [2.05, 4.69) is 39.1 Å². The first-order valence-corrected chi connectivity index (χ1v) is 11.5. The molecule has 0 aliphatic carbocycles. The zero-order valence-corrected chi connectivity index (χ0v) is 18.5. The Hall–Kier alpha value is -3.86. The summed E-state index contributed by atoms with van der Waals surface area (Å²) in [5.74, 6) is 2.95. The summed E-state index contributed by atoms with van der Waals surface area (Å²) in [5.41, 5.74) is 3.00. The highest BCUT2D eigenvalue weighted by atomic mass is 16.5. The molecule has 0 radical (unpaired) electrons. The van der Waals surface area contributed by atoms with Gasteiger partial charge in [0.15, 0.2) is 0 Å². The van der Waals surface area contributed by atoms with Crippen molar-refractivity contribution >= 4 is 5.91 Å². The van der Waals surface area contributed by atoms with E-state index in [1.54, 1.807) is 0 Å². The fourth-order valence-electron chi connectivity index (χ4n) is 4.31. The number of benzene rings is 3. The van der Waals surface area contributed by atoms with E-state index < -0.39 is 0 Å². The lowest BCUT2D eigenvalue weighted by atomic mass is 9.91. The molecule has 5 nitrogen and oxygen atoms in total. The monoisotopic (exact) mass is 437 g/mol. The highest BCUT2D eigenvalue weighted by molar-refractivity contribution is 5.92.